The zero-order valence-electron chi connectivity index (χ0n) is 29.8. The zero-order valence-corrected chi connectivity index (χ0v) is 29.8. The fraction of sp³-hybridized carbons (Fsp3) is 0.588. The molecule has 0 spiro atoms. The van der Waals surface area contributed by atoms with Gasteiger partial charge in [-0.2, -0.15) is 0 Å². The van der Waals surface area contributed by atoms with Crippen molar-refractivity contribution in [1.82, 2.24) is 29.7 Å². The molecule has 0 bridgehead atoms. The fourth-order valence-electron chi connectivity index (χ4n) is 6.42. The van der Waals surface area contributed by atoms with Gasteiger partial charge in [0.1, 0.15) is 48.7 Å². The number of nitrogen functional groups attached to an aromatic ring is 1. The highest BCUT2D eigenvalue weighted by Gasteiger charge is 2.34. The molecule has 3 aromatic heterocycles. The van der Waals surface area contributed by atoms with Crippen molar-refractivity contribution < 1.29 is 60.4 Å². The number of rotatable bonds is 21. The summed E-state index contributed by atoms with van der Waals surface area (Å²) in [4.78, 5) is 26.1. The Morgan fingerprint density at radius 3 is 2.08 bits per heavy atom. The van der Waals surface area contributed by atoms with E-state index in [1.165, 1.54) is 4.90 Å². The fourth-order valence-corrected chi connectivity index (χ4v) is 6.42. The first-order chi connectivity index (χ1) is 25.3. The Morgan fingerprint density at radius 2 is 1.51 bits per heavy atom. The third-order valence-corrected chi connectivity index (χ3v) is 9.39. The standard InChI is InChI=1S/C34H52N8O11/c1-3-41-20-8-7-18(12-21(20)42(4-2)26(41)13-37-34(53)27-32(35)39-33-19(38-27)9-10-36-33)6-5-11-40(14-22(45)28(49)30(51)24(47)16-43)15-23(46)29(50)31(52)25(48)17-44/h7-10,12,22-25,28-31,43-52H,3-6,11,13-17H2,1-2H3,(H3-,35,36,37,38,39,53)/p+1/t22-,23-,24+,25+,28+,29+,30+,31+/m0/s1. The second-order valence-corrected chi connectivity index (χ2v) is 13.0. The number of nitrogens with zero attached hydrogens (tertiary/aromatic N) is 5. The lowest BCUT2D eigenvalue weighted by Gasteiger charge is -2.33. The van der Waals surface area contributed by atoms with Gasteiger partial charge in [0.2, 0.25) is 0 Å². The first-order valence-corrected chi connectivity index (χ1v) is 17.6. The molecule has 4 rings (SSSR count). The summed E-state index contributed by atoms with van der Waals surface area (Å²) in [5, 5.41) is 103. The summed E-state index contributed by atoms with van der Waals surface area (Å²) in [5.74, 6) is 0.387. The van der Waals surface area contributed by atoms with E-state index < -0.39 is 68.0 Å². The molecule has 19 nitrogen and oxygen atoms in total. The Morgan fingerprint density at radius 1 is 0.906 bits per heavy atom. The molecule has 8 atom stereocenters. The van der Waals surface area contributed by atoms with Gasteiger partial charge in [0.05, 0.1) is 38.5 Å². The minimum atomic E-state index is -1.87. The molecule has 19 heteroatoms. The van der Waals surface area contributed by atoms with Crippen LogP contribution >= 0.6 is 0 Å². The number of imidazole rings is 1. The molecule has 0 unspecified atom stereocenters. The number of carbonyl (C=O) groups is 1. The molecule has 0 aliphatic heterocycles. The van der Waals surface area contributed by atoms with E-state index >= 15 is 0 Å². The van der Waals surface area contributed by atoms with Crippen molar-refractivity contribution in [3.8, 4) is 0 Å². The molecule has 3 heterocycles. The average molecular weight is 750 g/mol. The number of fused-ring (bicyclic) bond motifs is 2. The number of hydrogen-bond acceptors (Lipinski definition) is 15. The van der Waals surface area contributed by atoms with Gasteiger partial charge >= 0.3 is 0 Å². The van der Waals surface area contributed by atoms with Crippen molar-refractivity contribution >= 4 is 33.9 Å². The number of hydrogen-bond donors (Lipinski definition) is 13. The molecule has 0 aliphatic carbocycles. The van der Waals surface area contributed by atoms with Crippen molar-refractivity contribution in [3.05, 3.63) is 47.5 Å². The summed E-state index contributed by atoms with van der Waals surface area (Å²) in [6.45, 7) is 3.16. The summed E-state index contributed by atoms with van der Waals surface area (Å²) in [5.41, 5.74) is 9.85. The molecule has 0 radical (unpaired) electrons. The summed E-state index contributed by atoms with van der Waals surface area (Å²) in [7, 11) is 0. The highest BCUT2D eigenvalue weighted by Crippen LogP contribution is 2.20. The lowest BCUT2D eigenvalue weighted by atomic mass is 10.0. The number of amides is 1. The number of anilines is 1. The molecule has 14 N–H and O–H groups in total. The normalized spacial score (nSPS) is 16.8. The monoisotopic (exact) mass is 749 g/mol. The molecule has 1 amide bonds. The van der Waals surface area contributed by atoms with E-state index in [-0.39, 0.29) is 37.7 Å². The van der Waals surface area contributed by atoms with Gasteiger partial charge in [0.15, 0.2) is 28.2 Å². The maximum Gasteiger partial charge on any atom is 0.277 e. The van der Waals surface area contributed by atoms with Crippen molar-refractivity contribution in [2.75, 3.05) is 38.6 Å². The summed E-state index contributed by atoms with van der Waals surface area (Å²) in [6, 6.07) is 7.67. The van der Waals surface area contributed by atoms with Gasteiger partial charge in [-0.3, -0.25) is 9.69 Å². The lowest BCUT2D eigenvalue weighted by molar-refractivity contribution is -0.676. The molecular weight excluding hydrogens is 696 g/mol. The van der Waals surface area contributed by atoms with Gasteiger partial charge < -0.3 is 67.1 Å². The van der Waals surface area contributed by atoms with E-state index in [4.69, 9.17) is 15.9 Å². The van der Waals surface area contributed by atoms with Gasteiger partial charge in [-0.15, -0.1) is 0 Å². The largest absolute Gasteiger partial charge is 0.394 e. The molecule has 0 aliphatic rings. The van der Waals surface area contributed by atoms with E-state index in [0.717, 1.165) is 22.4 Å². The molecular formula is C34H53N8O11+. The van der Waals surface area contributed by atoms with Gasteiger partial charge in [-0.25, -0.2) is 19.1 Å². The van der Waals surface area contributed by atoms with Crippen molar-refractivity contribution in [3.63, 3.8) is 0 Å². The second kappa shape index (κ2) is 18.9. The number of aromatic nitrogens is 5. The van der Waals surface area contributed by atoms with Crippen LogP contribution in [-0.2, 0) is 26.1 Å². The van der Waals surface area contributed by atoms with E-state index in [1.54, 1.807) is 12.3 Å². The number of aromatic amines is 1. The highest BCUT2D eigenvalue weighted by atomic mass is 16.4. The third-order valence-electron chi connectivity index (χ3n) is 9.39. The number of aliphatic hydroxyl groups is 10. The second-order valence-electron chi connectivity index (χ2n) is 13.0. The van der Waals surface area contributed by atoms with E-state index in [9.17, 15) is 45.6 Å². The topological polar surface area (TPSA) is 311 Å². The molecule has 53 heavy (non-hydrogen) atoms. The van der Waals surface area contributed by atoms with Gasteiger partial charge in [0, 0.05) is 19.3 Å². The van der Waals surface area contributed by atoms with Crippen LogP contribution in [0.25, 0.3) is 22.2 Å². The zero-order chi connectivity index (χ0) is 39.0. The van der Waals surface area contributed by atoms with Crippen molar-refractivity contribution in [2.24, 2.45) is 0 Å². The maximum atomic E-state index is 13.2. The van der Waals surface area contributed by atoms with Gasteiger partial charge in [-0.05, 0) is 57.0 Å². The number of nitrogens with two attached hydrogens (primary N) is 1. The van der Waals surface area contributed by atoms with Gasteiger partial charge in [-0.1, -0.05) is 6.07 Å². The van der Waals surface area contributed by atoms with Crippen LogP contribution in [-0.4, -0.2) is 163 Å². The quantitative estimate of drug-likeness (QED) is 0.0360. The number of H-pyrrole nitrogens is 1. The van der Waals surface area contributed by atoms with Gasteiger partial charge in [0.25, 0.3) is 11.7 Å². The van der Waals surface area contributed by atoms with Crippen LogP contribution in [0.2, 0.25) is 0 Å². The maximum absolute atomic E-state index is 13.2. The van der Waals surface area contributed by atoms with E-state index in [1.807, 2.05) is 32.0 Å². The molecule has 0 saturated carbocycles. The van der Waals surface area contributed by atoms with Crippen LogP contribution in [0, 0.1) is 0 Å². The van der Waals surface area contributed by atoms with Crippen LogP contribution in [0.1, 0.15) is 42.1 Å². The van der Waals surface area contributed by atoms with E-state index in [0.29, 0.717) is 37.1 Å². The SMILES string of the molecule is CCn1c(CNC(=O)c2nc3cc[nH]c3nc2N)[n+](CC)c2cc(CCCN(C[C@H](O)[C@@H](O)[C@H](O)[C@H](O)CO)C[C@H](O)[C@@H](O)[C@H](O)[C@H](O)CO)ccc21. The Labute approximate surface area is 305 Å². The lowest BCUT2D eigenvalue weighted by Crippen LogP contribution is -2.53. The Hall–Kier alpha value is -3.86. The Kier molecular flexibility index (Phi) is 15.0. The third kappa shape index (κ3) is 9.82. The molecule has 4 aromatic rings. The number of aryl methyl sites for hydroxylation is 3. The number of benzene rings is 1. The minimum absolute atomic E-state index is 0.00705. The number of nitrogens with one attached hydrogen (secondary N) is 2. The highest BCUT2D eigenvalue weighted by molar-refractivity contribution is 5.98. The van der Waals surface area contributed by atoms with Crippen LogP contribution in [0.15, 0.2) is 30.5 Å². The van der Waals surface area contributed by atoms with Crippen LogP contribution < -0.4 is 15.6 Å². The van der Waals surface area contributed by atoms with Crippen LogP contribution in [0.5, 0.6) is 0 Å². The molecule has 294 valence electrons. The van der Waals surface area contributed by atoms with Crippen LogP contribution in [0.4, 0.5) is 5.82 Å². The summed E-state index contributed by atoms with van der Waals surface area (Å²) >= 11 is 0. The van der Waals surface area contributed by atoms with Crippen molar-refractivity contribution in [2.45, 2.75) is 95.2 Å². The first kappa shape index (κ1) is 41.9. The predicted octanol–water partition coefficient (Wildman–Crippen LogP) is -4.14. The summed E-state index contributed by atoms with van der Waals surface area (Å²) < 4.78 is 4.19. The average Bonchev–Trinajstić information content (AvgIpc) is 3.74. The van der Waals surface area contributed by atoms with Crippen LogP contribution in [0.3, 0.4) is 0 Å². The van der Waals surface area contributed by atoms with Crippen molar-refractivity contribution in [1.29, 1.82) is 0 Å². The molecule has 0 fully saturated rings. The Balaban J connectivity index is 1.49. The number of aliphatic hydroxyl groups excluding tert-OH is 10. The minimum Gasteiger partial charge on any atom is -0.394 e. The molecule has 1 aromatic carbocycles. The Bertz CT molecular complexity index is 1760. The smallest absolute Gasteiger partial charge is 0.277 e. The predicted molar refractivity (Wildman–Crippen MR) is 190 cm³/mol. The molecule has 0 saturated heterocycles. The summed E-state index contributed by atoms with van der Waals surface area (Å²) in [6.07, 6.45) is -11.6. The van der Waals surface area contributed by atoms with E-state index in [2.05, 4.69) is 29.4 Å². The number of carbonyl (C=O) groups excluding carboxylic acids is 1. The first-order valence-electron chi connectivity index (χ1n) is 17.6.